The third-order valence-corrected chi connectivity index (χ3v) is 4.85. The summed E-state index contributed by atoms with van der Waals surface area (Å²) in [5.41, 5.74) is 1.24. The predicted molar refractivity (Wildman–Crippen MR) is 99.1 cm³/mol. The molecule has 0 atom stereocenters. The van der Waals surface area contributed by atoms with E-state index in [4.69, 9.17) is 0 Å². The smallest absolute Gasteiger partial charge is 0.276 e. The van der Waals surface area contributed by atoms with Crippen molar-refractivity contribution in [1.29, 1.82) is 0 Å². The van der Waals surface area contributed by atoms with E-state index in [0.29, 0.717) is 35.9 Å². The summed E-state index contributed by atoms with van der Waals surface area (Å²) in [5, 5.41) is 17.5. The summed E-state index contributed by atoms with van der Waals surface area (Å²) in [5.74, 6) is -0.00901. The molecule has 0 saturated heterocycles. The Morgan fingerprint density at radius 1 is 1.42 bits per heavy atom. The van der Waals surface area contributed by atoms with Gasteiger partial charge in [0, 0.05) is 11.7 Å². The summed E-state index contributed by atoms with van der Waals surface area (Å²) >= 11 is 0. The molecule has 1 saturated carbocycles. The molecule has 2 aromatic rings. The Bertz CT molecular complexity index is 894. The minimum Gasteiger partial charge on any atom is -0.390 e. The number of hydrogen-bond acceptors (Lipinski definition) is 5. The normalized spacial score (nSPS) is 22.5. The minimum atomic E-state index is -0.703. The van der Waals surface area contributed by atoms with E-state index in [1.807, 2.05) is 13.0 Å². The molecule has 0 spiro atoms. The number of carbonyl (C=O) groups is 1. The average molecular weight is 358 g/mol. The van der Waals surface area contributed by atoms with Crippen molar-refractivity contribution in [1.82, 2.24) is 20.1 Å². The molecule has 1 amide bonds. The van der Waals surface area contributed by atoms with Crippen LogP contribution in [0.5, 0.6) is 0 Å². The van der Waals surface area contributed by atoms with Gasteiger partial charge in [-0.1, -0.05) is 20.8 Å². The minimum absolute atomic E-state index is 0.0467. The van der Waals surface area contributed by atoms with E-state index in [2.05, 4.69) is 29.2 Å². The van der Waals surface area contributed by atoms with E-state index in [9.17, 15) is 14.7 Å². The maximum absolute atomic E-state index is 12.7. The van der Waals surface area contributed by atoms with Crippen LogP contribution >= 0.6 is 0 Å². The van der Waals surface area contributed by atoms with Gasteiger partial charge in [0.1, 0.15) is 6.54 Å². The highest BCUT2D eigenvalue weighted by Gasteiger charge is 2.39. The average Bonchev–Trinajstić information content (AvgIpc) is 2.55. The van der Waals surface area contributed by atoms with Crippen LogP contribution in [0.2, 0.25) is 0 Å². The van der Waals surface area contributed by atoms with Crippen LogP contribution in [-0.2, 0) is 17.8 Å². The standard InChI is InChI=1S/C19H26N4O3/c1-5-14-17-13(6-7-15(21-17)11(2)3)18(25)23(22-14)10-16(24)20-12-8-19(4,26)9-12/h6-7,11-12,26H,5,8-10H2,1-4H3,(H,20,24)/t12-,19+. The number of amides is 1. The Kier molecular flexibility index (Phi) is 4.84. The number of aryl methyl sites for hydroxylation is 1. The Morgan fingerprint density at radius 2 is 2.12 bits per heavy atom. The predicted octanol–water partition coefficient (Wildman–Crippen LogP) is 1.51. The van der Waals surface area contributed by atoms with Gasteiger partial charge in [-0.15, -0.1) is 0 Å². The summed E-state index contributed by atoms with van der Waals surface area (Å²) in [6, 6.07) is 3.59. The summed E-state index contributed by atoms with van der Waals surface area (Å²) < 4.78 is 1.21. The van der Waals surface area contributed by atoms with E-state index in [0.717, 1.165) is 5.69 Å². The third kappa shape index (κ3) is 3.62. The van der Waals surface area contributed by atoms with Crippen molar-refractivity contribution in [2.24, 2.45) is 0 Å². The molecular weight excluding hydrogens is 332 g/mol. The second-order valence-corrected chi connectivity index (χ2v) is 7.72. The van der Waals surface area contributed by atoms with Gasteiger partial charge in [-0.25, -0.2) is 4.68 Å². The Balaban J connectivity index is 1.87. The second-order valence-electron chi connectivity index (χ2n) is 7.72. The summed E-state index contributed by atoms with van der Waals surface area (Å²) in [6.45, 7) is 7.67. The van der Waals surface area contributed by atoms with Gasteiger partial charge in [-0.3, -0.25) is 14.6 Å². The summed E-state index contributed by atoms with van der Waals surface area (Å²) in [6.07, 6.45) is 1.68. The lowest BCUT2D eigenvalue weighted by atomic mass is 9.77. The number of hydrogen-bond donors (Lipinski definition) is 2. The lowest BCUT2D eigenvalue weighted by molar-refractivity contribution is -0.125. The summed E-state index contributed by atoms with van der Waals surface area (Å²) in [4.78, 5) is 29.6. The fourth-order valence-electron chi connectivity index (χ4n) is 3.42. The fourth-order valence-corrected chi connectivity index (χ4v) is 3.42. The number of nitrogens with one attached hydrogen (secondary N) is 1. The fraction of sp³-hybridized carbons (Fsp3) is 0.579. The van der Waals surface area contributed by atoms with Gasteiger partial charge >= 0.3 is 0 Å². The van der Waals surface area contributed by atoms with Gasteiger partial charge in [0.05, 0.1) is 22.2 Å². The number of carbonyl (C=O) groups excluding carboxylic acids is 1. The van der Waals surface area contributed by atoms with E-state index in [-0.39, 0.29) is 30.0 Å². The molecule has 7 nitrogen and oxygen atoms in total. The maximum Gasteiger partial charge on any atom is 0.276 e. The quantitative estimate of drug-likeness (QED) is 0.844. The van der Waals surface area contributed by atoms with Crippen LogP contribution in [0.4, 0.5) is 0 Å². The molecule has 1 aliphatic rings. The van der Waals surface area contributed by atoms with Crippen molar-refractivity contribution >= 4 is 16.8 Å². The van der Waals surface area contributed by atoms with Crippen LogP contribution in [0.15, 0.2) is 16.9 Å². The van der Waals surface area contributed by atoms with Crippen LogP contribution in [0.3, 0.4) is 0 Å². The number of aromatic nitrogens is 3. The lowest BCUT2D eigenvalue weighted by Gasteiger charge is -2.41. The number of fused-ring (bicyclic) bond motifs is 1. The van der Waals surface area contributed by atoms with Crippen LogP contribution in [0.25, 0.3) is 10.9 Å². The van der Waals surface area contributed by atoms with Crippen molar-refractivity contribution in [3.05, 3.63) is 33.9 Å². The highest BCUT2D eigenvalue weighted by Crippen LogP contribution is 2.31. The topological polar surface area (TPSA) is 97.1 Å². The molecule has 7 heteroatoms. The molecule has 1 fully saturated rings. The van der Waals surface area contributed by atoms with Crippen molar-refractivity contribution < 1.29 is 9.90 Å². The van der Waals surface area contributed by atoms with Crippen molar-refractivity contribution in [3.8, 4) is 0 Å². The van der Waals surface area contributed by atoms with Crippen molar-refractivity contribution in [3.63, 3.8) is 0 Å². The molecule has 3 rings (SSSR count). The molecule has 140 valence electrons. The zero-order valence-electron chi connectivity index (χ0n) is 15.7. The SMILES string of the molecule is CCc1nn(CC(=O)N[C@H]2C[C@@](C)(O)C2)c(=O)c2ccc(C(C)C)nc12. The van der Waals surface area contributed by atoms with E-state index in [1.165, 1.54) is 4.68 Å². The van der Waals surface area contributed by atoms with Crippen LogP contribution in [0, 0.1) is 0 Å². The maximum atomic E-state index is 12.7. The number of rotatable bonds is 5. The van der Waals surface area contributed by atoms with Crippen molar-refractivity contribution in [2.75, 3.05) is 0 Å². The Labute approximate surface area is 152 Å². The molecule has 0 unspecified atom stereocenters. The molecular formula is C19H26N4O3. The first-order chi connectivity index (χ1) is 12.2. The molecule has 2 aromatic heterocycles. The number of nitrogens with zero attached hydrogens (tertiary/aromatic N) is 3. The van der Waals surface area contributed by atoms with Gasteiger partial charge in [0.15, 0.2) is 0 Å². The van der Waals surface area contributed by atoms with Gasteiger partial charge < -0.3 is 10.4 Å². The number of aliphatic hydroxyl groups is 1. The van der Waals surface area contributed by atoms with Gasteiger partial charge in [0.2, 0.25) is 5.91 Å². The largest absolute Gasteiger partial charge is 0.390 e. The van der Waals surface area contributed by atoms with E-state index >= 15 is 0 Å². The highest BCUT2D eigenvalue weighted by molar-refractivity contribution is 5.81. The molecule has 0 aromatic carbocycles. The molecule has 2 N–H and O–H groups in total. The van der Waals surface area contributed by atoms with Gasteiger partial charge in [-0.2, -0.15) is 5.10 Å². The monoisotopic (exact) mass is 358 g/mol. The molecule has 2 heterocycles. The molecule has 26 heavy (non-hydrogen) atoms. The highest BCUT2D eigenvalue weighted by atomic mass is 16.3. The second kappa shape index (κ2) is 6.79. The first-order valence-corrected chi connectivity index (χ1v) is 9.12. The number of pyridine rings is 1. The Hall–Kier alpha value is -2.28. The summed E-state index contributed by atoms with van der Waals surface area (Å²) in [7, 11) is 0. The zero-order chi connectivity index (χ0) is 19.1. The zero-order valence-corrected chi connectivity index (χ0v) is 15.7. The van der Waals surface area contributed by atoms with E-state index < -0.39 is 5.60 Å². The first-order valence-electron chi connectivity index (χ1n) is 9.12. The molecule has 0 bridgehead atoms. The first kappa shape index (κ1) is 18.5. The Morgan fingerprint density at radius 3 is 2.69 bits per heavy atom. The van der Waals surface area contributed by atoms with E-state index in [1.54, 1.807) is 13.0 Å². The van der Waals surface area contributed by atoms with Crippen molar-refractivity contribution in [2.45, 2.75) is 71.1 Å². The van der Waals surface area contributed by atoms with Crippen LogP contribution in [0.1, 0.15) is 57.8 Å². The lowest BCUT2D eigenvalue weighted by Crippen LogP contribution is -2.54. The van der Waals surface area contributed by atoms with Gasteiger partial charge in [0.25, 0.3) is 5.56 Å². The molecule has 0 radical (unpaired) electrons. The van der Waals surface area contributed by atoms with Crippen LogP contribution < -0.4 is 10.9 Å². The van der Waals surface area contributed by atoms with Crippen LogP contribution in [-0.4, -0.2) is 37.4 Å². The molecule has 1 aliphatic carbocycles. The molecule has 0 aliphatic heterocycles. The third-order valence-electron chi connectivity index (χ3n) is 4.85. The van der Waals surface area contributed by atoms with Gasteiger partial charge in [-0.05, 0) is 44.2 Å².